The standard InChI is InChI=1S/C20H26N2O3/c23-16(21-11-5-3-1-2-4-6-11)10-22-19(24)17-12-7-8-13(15-9-14(12)15)18(17)20(22)25/h7-8,11-15,17-18H,1-6,9-10H2,(H,21,23)/t12-,13-,14-,15-,17+,18+/m0/s1. The number of likely N-dealkylation sites (tertiary alicyclic amines) is 1. The molecule has 25 heavy (non-hydrogen) atoms. The van der Waals surface area contributed by atoms with Gasteiger partial charge in [0.2, 0.25) is 17.7 Å². The van der Waals surface area contributed by atoms with Crippen molar-refractivity contribution in [1.29, 1.82) is 0 Å². The molecule has 1 N–H and O–H groups in total. The first-order chi connectivity index (χ1) is 12.1. The summed E-state index contributed by atoms with van der Waals surface area (Å²) in [6, 6.07) is 0.204. The van der Waals surface area contributed by atoms with Crippen LogP contribution >= 0.6 is 0 Å². The molecule has 0 aromatic rings. The number of imide groups is 1. The predicted molar refractivity (Wildman–Crippen MR) is 91.0 cm³/mol. The van der Waals surface area contributed by atoms with Crippen molar-refractivity contribution in [2.24, 2.45) is 35.5 Å². The van der Waals surface area contributed by atoms with Gasteiger partial charge >= 0.3 is 0 Å². The maximum Gasteiger partial charge on any atom is 0.240 e. The molecule has 6 aliphatic rings. The van der Waals surface area contributed by atoms with Crippen molar-refractivity contribution in [1.82, 2.24) is 10.2 Å². The number of nitrogens with one attached hydrogen (secondary N) is 1. The molecule has 1 aliphatic heterocycles. The minimum absolute atomic E-state index is 0.0874. The van der Waals surface area contributed by atoms with E-state index >= 15 is 0 Å². The van der Waals surface area contributed by atoms with E-state index in [4.69, 9.17) is 0 Å². The van der Waals surface area contributed by atoms with Gasteiger partial charge < -0.3 is 5.32 Å². The Labute approximate surface area is 148 Å². The molecule has 0 radical (unpaired) electrons. The monoisotopic (exact) mass is 342 g/mol. The van der Waals surface area contributed by atoms with Gasteiger partial charge in [0, 0.05) is 6.04 Å². The quantitative estimate of drug-likeness (QED) is 0.484. The van der Waals surface area contributed by atoms with Crippen LogP contribution in [0.25, 0.3) is 0 Å². The highest BCUT2D eigenvalue weighted by Crippen LogP contribution is 2.65. The Hall–Kier alpha value is -1.65. The number of allylic oxidation sites excluding steroid dienone is 2. The second-order valence-corrected chi connectivity index (χ2v) is 8.67. The van der Waals surface area contributed by atoms with Gasteiger partial charge in [-0.3, -0.25) is 19.3 Å². The summed E-state index contributed by atoms with van der Waals surface area (Å²) in [4.78, 5) is 39.5. The second kappa shape index (κ2) is 5.68. The van der Waals surface area contributed by atoms with Crippen LogP contribution in [0.2, 0.25) is 0 Å². The van der Waals surface area contributed by atoms with Crippen LogP contribution in [0.4, 0.5) is 0 Å². The zero-order valence-corrected chi connectivity index (χ0v) is 14.5. The average Bonchev–Trinajstić information content (AvgIpc) is 3.40. The van der Waals surface area contributed by atoms with Crippen LogP contribution in [0.5, 0.6) is 0 Å². The van der Waals surface area contributed by atoms with E-state index in [1.54, 1.807) is 0 Å². The van der Waals surface area contributed by atoms with E-state index in [1.807, 2.05) is 0 Å². The van der Waals surface area contributed by atoms with E-state index < -0.39 is 0 Å². The summed E-state index contributed by atoms with van der Waals surface area (Å²) >= 11 is 0. The molecule has 0 unspecified atom stereocenters. The van der Waals surface area contributed by atoms with Crippen LogP contribution in [0, 0.1) is 35.5 Å². The predicted octanol–water partition coefficient (Wildman–Crippen LogP) is 1.88. The zero-order valence-electron chi connectivity index (χ0n) is 14.5. The van der Waals surface area contributed by atoms with Crippen molar-refractivity contribution < 1.29 is 14.4 Å². The minimum atomic E-state index is -0.197. The summed E-state index contributed by atoms with van der Waals surface area (Å²) < 4.78 is 0. The SMILES string of the molecule is O=C(CN1C(=O)[C@@H]2[C@H]3C=C[C@@H]([C@@H]4C[C@@H]34)[C@H]2C1=O)NC1CCCCCC1. The Bertz CT molecular complexity index is 613. The largest absolute Gasteiger partial charge is 0.352 e. The van der Waals surface area contributed by atoms with E-state index in [9.17, 15) is 14.4 Å². The fourth-order valence-corrected chi connectivity index (χ4v) is 6.02. The summed E-state index contributed by atoms with van der Waals surface area (Å²) in [5.74, 6) is 0.899. The maximum absolute atomic E-state index is 12.9. The van der Waals surface area contributed by atoms with Gasteiger partial charge in [-0.05, 0) is 42.9 Å². The van der Waals surface area contributed by atoms with E-state index in [1.165, 1.54) is 17.7 Å². The first-order valence-corrected chi connectivity index (χ1v) is 9.98. The summed E-state index contributed by atoms with van der Waals surface area (Å²) in [6.45, 7) is -0.0874. The molecule has 1 saturated heterocycles. The molecule has 5 heteroatoms. The van der Waals surface area contributed by atoms with Crippen molar-refractivity contribution >= 4 is 17.7 Å². The molecule has 1 heterocycles. The number of hydrogen-bond donors (Lipinski definition) is 1. The lowest BCUT2D eigenvalue weighted by Gasteiger charge is -2.37. The van der Waals surface area contributed by atoms with Crippen molar-refractivity contribution in [3.05, 3.63) is 12.2 Å². The van der Waals surface area contributed by atoms with Crippen molar-refractivity contribution in [3.63, 3.8) is 0 Å². The molecule has 0 spiro atoms. The third kappa shape index (κ3) is 2.38. The molecule has 3 saturated carbocycles. The van der Waals surface area contributed by atoms with Gasteiger partial charge in [0.15, 0.2) is 0 Å². The van der Waals surface area contributed by atoms with Gasteiger partial charge in [-0.1, -0.05) is 37.8 Å². The Morgan fingerprint density at radius 2 is 1.52 bits per heavy atom. The molecule has 0 aromatic carbocycles. The fourth-order valence-electron chi connectivity index (χ4n) is 6.02. The van der Waals surface area contributed by atoms with E-state index in [2.05, 4.69) is 17.5 Å². The second-order valence-electron chi connectivity index (χ2n) is 8.67. The van der Waals surface area contributed by atoms with Gasteiger partial charge in [0.25, 0.3) is 0 Å². The molecule has 0 aromatic heterocycles. The summed E-state index contributed by atoms with van der Waals surface area (Å²) in [5, 5.41) is 3.06. The number of carbonyl (C=O) groups excluding carboxylic acids is 3. The molecule has 6 atom stereocenters. The summed E-state index contributed by atoms with van der Waals surface area (Å²) in [6.07, 6.45) is 12.3. The lowest BCUT2D eigenvalue weighted by atomic mass is 9.63. The number of nitrogens with zero attached hydrogens (tertiary/aromatic N) is 1. The van der Waals surface area contributed by atoms with Crippen LogP contribution in [-0.2, 0) is 14.4 Å². The minimum Gasteiger partial charge on any atom is -0.352 e. The Morgan fingerprint density at radius 1 is 0.960 bits per heavy atom. The highest BCUT2D eigenvalue weighted by molar-refractivity contribution is 6.08. The van der Waals surface area contributed by atoms with Crippen LogP contribution in [-0.4, -0.2) is 35.2 Å². The Morgan fingerprint density at radius 3 is 2.08 bits per heavy atom. The Balaban J connectivity index is 1.27. The van der Waals surface area contributed by atoms with E-state index in [0.29, 0.717) is 11.8 Å². The van der Waals surface area contributed by atoms with Crippen LogP contribution in [0.15, 0.2) is 12.2 Å². The summed E-state index contributed by atoms with van der Waals surface area (Å²) in [7, 11) is 0. The normalized spacial score (nSPS) is 42.2. The molecular formula is C20H26N2O3. The zero-order chi connectivity index (χ0) is 17.1. The number of hydrogen-bond acceptors (Lipinski definition) is 3. The highest BCUT2D eigenvalue weighted by atomic mass is 16.2. The van der Waals surface area contributed by atoms with E-state index in [-0.39, 0.29) is 54.0 Å². The van der Waals surface area contributed by atoms with Crippen LogP contribution < -0.4 is 5.32 Å². The van der Waals surface area contributed by atoms with Gasteiger partial charge in [-0.25, -0.2) is 0 Å². The van der Waals surface area contributed by atoms with Gasteiger partial charge in [0.1, 0.15) is 6.54 Å². The molecule has 5 nitrogen and oxygen atoms in total. The number of carbonyl (C=O) groups is 3. The van der Waals surface area contributed by atoms with Crippen LogP contribution in [0.3, 0.4) is 0 Å². The fraction of sp³-hybridized carbons (Fsp3) is 0.750. The molecular weight excluding hydrogens is 316 g/mol. The average molecular weight is 342 g/mol. The molecule has 3 amide bonds. The highest BCUT2D eigenvalue weighted by Gasteiger charge is 2.67. The third-order valence-corrected chi connectivity index (χ3v) is 7.28. The summed E-state index contributed by atoms with van der Waals surface area (Å²) in [5.41, 5.74) is 0. The number of rotatable bonds is 3. The van der Waals surface area contributed by atoms with Crippen molar-refractivity contribution in [2.75, 3.05) is 6.54 Å². The first-order valence-electron chi connectivity index (χ1n) is 9.98. The van der Waals surface area contributed by atoms with Crippen molar-refractivity contribution in [3.8, 4) is 0 Å². The van der Waals surface area contributed by atoms with Gasteiger partial charge in [0.05, 0.1) is 11.8 Å². The van der Waals surface area contributed by atoms with E-state index in [0.717, 1.165) is 32.1 Å². The lowest BCUT2D eigenvalue weighted by Crippen LogP contribution is -2.44. The Kier molecular flexibility index (Phi) is 3.54. The molecule has 4 fully saturated rings. The van der Waals surface area contributed by atoms with Crippen LogP contribution in [0.1, 0.15) is 44.9 Å². The molecule has 134 valence electrons. The topological polar surface area (TPSA) is 66.5 Å². The van der Waals surface area contributed by atoms with Gasteiger partial charge in [-0.2, -0.15) is 0 Å². The third-order valence-electron chi connectivity index (χ3n) is 7.28. The first kappa shape index (κ1) is 15.6. The van der Waals surface area contributed by atoms with Gasteiger partial charge in [-0.15, -0.1) is 0 Å². The molecule has 6 rings (SSSR count). The molecule has 2 bridgehead atoms. The lowest BCUT2D eigenvalue weighted by molar-refractivity contribution is -0.144. The number of amides is 3. The maximum atomic E-state index is 12.9. The van der Waals surface area contributed by atoms with Crippen molar-refractivity contribution in [2.45, 2.75) is 51.0 Å². The smallest absolute Gasteiger partial charge is 0.240 e. The molecule has 5 aliphatic carbocycles.